The standard InChI is InChI=1S/C26H30N2O5S/c1-2-17(13-24(29)28-11-12-34-16-23(28)25(30)31)14-27-26(32)33-15-22-20-9-5-3-7-18(20)19-8-4-6-10-21(19)22/h3-10,17,22-23H,2,11-16H2,1H3,(H,27,32)(H,30,31). The molecule has 34 heavy (non-hydrogen) atoms. The van der Waals surface area contributed by atoms with Crippen LogP contribution in [-0.2, 0) is 14.3 Å². The summed E-state index contributed by atoms with van der Waals surface area (Å²) in [4.78, 5) is 38.2. The molecule has 0 saturated carbocycles. The average molecular weight is 483 g/mol. The Morgan fingerprint density at radius 3 is 2.38 bits per heavy atom. The van der Waals surface area contributed by atoms with Crippen molar-refractivity contribution in [3.8, 4) is 11.1 Å². The van der Waals surface area contributed by atoms with Crippen molar-refractivity contribution in [1.29, 1.82) is 0 Å². The van der Waals surface area contributed by atoms with E-state index >= 15 is 0 Å². The van der Waals surface area contributed by atoms with E-state index in [1.165, 1.54) is 16.0 Å². The van der Waals surface area contributed by atoms with Crippen LogP contribution in [0.2, 0.25) is 0 Å². The molecule has 1 aliphatic heterocycles. The monoisotopic (exact) mass is 482 g/mol. The first-order valence-electron chi connectivity index (χ1n) is 11.7. The Morgan fingerprint density at radius 2 is 1.76 bits per heavy atom. The summed E-state index contributed by atoms with van der Waals surface area (Å²) in [5.74, 6) is -0.0805. The summed E-state index contributed by atoms with van der Waals surface area (Å²) < 4.78 is 5.58. The van der Waals surface area contributed by atoms with Crippen LogP contribution in [0.4, 0.5) is 4.79 Å². The number of carbonyl (C=O) groups excluding carboxylic acids is 2. The van der Waals surface area contributed by atoms with Gasteiger partial charge in [-0.3, -0.25) is 4.79 Å². The van der Waals surface area contributed by atoms with Gasteiger partial charge in [-0.1, -0.05) is 61.9 Å². The van der Waals surface area contributed by atoms with Gasteiger partial charge in [0.1, 0.15) is 12.6 Å². The molecule has 1 saturated heterocycles. The van der Waals surface area contributed by atoms with E-state index in [1.54, 1.807) is 11.8 Å². The molecule has 2 atom stereocenters. The second kappa shape index (κ2) is 11.0. The zero-order valence-corrected chi connectivity index (χ0v) is 20.1. The Labute approximate surface area is 203 Å². The number of aliphatic carboxylic acids is 1. The largest absolute Gasteiger partial charge is 0.480 e. The lowest BCUT2D eigenvalue weighted by Gasteiger charge is -2.33. The highest BCUT2D eigenvalue weighted by Crippen LogP contribution is 2.44. The highest BCUT2D eigenvalue weighted by atomic mass is 32.2. The number of ether oxygens (including phenoxy) is 1. The first kappa shape index (κ1) is 24.1. The van der Waals surface area contributed by atoms with Gasteiger partial charge in [-0.25, -0.2) is 9.59 Å². The Kier molecular flexibility index (Phi) is 7.77. The van der Waals surface area contributed by atoms with Crippen molar-refractivity contribution in [2.45, 2.75) is 31.7 Å². The molecule has 1 heterocycles. The third kappa shape index (κ3) is 5.22. The van der Waals surface area contributed by atoms with Gasteiger partial charge in [0.2, 0.25) is 5.91 Å². The van der Waals surface area contributed by atoms with Crippen LogP contribution in [0.5, 0.6) is 0 Å². The summed E-state index contributed by atoms with van der Waals surface area (Å²) in [5, 5.41) is 12.2. The van der Waals surface area contributed by atoms with E-state index < -0.39 is 18.1 Å². The van der Waals surface area contributed by atoms with E-state index in [0.717, 1.165) is 16.9 Å². The summed E-state index contributed by atoms with van der Waals surface area (Å²) in [7, 11) is 0. The lowest BCUT2D eigenvalue weighted by atomic mass is 9.98. The highest BCUT2D eigenvalue weighted by Gasteiger charge is 2.33. The van der Waals surface area contributed by atoms with E-state index in [0.29, 0.717) is 25.3 Å². The number of amides is 2. The minimum Gasteiger partial charge on any atom is -0.480 e. The van der Waals surface area contributed by atoms with Gasteiger partial charge in [0, 0.05) is 36.9 Å². The molecule has 0 radical (unpaired) electrons. The lowest BCUT2D eigenvalue weighted by molar-refractivity contribution is -0.149. The van der Waals surface area contributed by atoms with E-state index in [9.17, 15) is 19.5 Å². The van der Waals surface area contributed by atoms with Crippen molar-refractivity contribution in [1.82, 2.24) is 10.2 Å². The number of carboxylic acid groups (broad SMARTS) is 1. The third-order valence-corrected chi connectivity index (χ3v) is 7.68. The normalized spacial score (nSPS) is 18.0. The van der Waals surface area contributed by atoms with Crippen LogP contribution in [0.3, 0.4) is 0 Å². The van der Waals surface area contributed by atoms with E-state index in [-0.39, 0.29) is 30.8 Å². The predicted molar refractivity (Wildman–Crippen MR) is 132 cm³/mol. The van der Waals surface area contributed by atoms with Crippen LogP contribution in [0, 0.1) is 5.92 Å². The molecule has 2 N–H and O–H groups in total. The van der Waals surface area contributed by atoms with E-state index in [4.69, 9.17) is 4.74 Å². The maximum atomic E-state index is 12.8. The number of rotatable bonds is 8. The summed E-state index contributed by atoms with van der Waals surface area (Å²) in [6.07, 6.45) is 0.384. The second-order valence-corrected chi connectivity index (χ2v) is 9.85. The Morgan fingerprint density at radius 1 is 1.12 bits per heavy atom. The summed E-state index contributed by atoms with van der Waals surface area (Å²) >= 11 is 1.55. The molecule has 0 spiro atoms. The summed E-state index contributed by atoms with van der Waals surface area (Å²) in [6, 6.07) is 15.6. The van der Waals surface area contributed by atoms with Gasteiger partial charge >= 0.3 is 12.1 Å². The Balaban J connectivity index is 1.30. The molecule has 0 bridgehead atoms. The SMILES string of the molecule is CCC(CNC(=O)OCC1c2ccccc2-c2ccccc21)CC(=O)N1CCSCC1C(=O)O. The number of benzene rings is 2. The fourth-order valence-electron chi connectivity index (χ4n) is 4.71. The quantitative estimate of drug-likeness (QED) is 0.591. The average Bonchev–Trinajstić information content (AvgIpc) is 3.18. The number of nitrogens with zero attached hydrogens (tertiary/aromatic N) is 1. The van der Waals surface area contributed by atoms with Crippen molar-refractivity contribution in [2.24, 2.45) is 5.92 Å². The van der Waals surface area contributed by atoms with Crippen molar-refractivity contribution in [3.05, 3.63) is 59.7 Å². The minimum absolute atomic E-state index is 0.00776. The van der Waals surface area contributed by atoms with Crippen LogP contribution in [0.25, 0.3) is 11.1 Å². The molecule has 2 aromatic rings. The molecule has 180 valence electrons. The molecule has 0 aromatic heterocycles. The van der Waals surface area contributed by atoms with Gasteiger partial charge in [-0.05, 0) is 28.2 Å². The molecular formula is C26H30N2O5S. The smallest absolute Gasteiger partial charge is 0.407 e. The number of fused-ring (bicyclic) bond motifs is 3. The minimum atomic E-state index is -0.967. The second-order valence-electron chi connectivity index (χ2n) is 8.70. The lowest BCUT2D eigenvalue weighted by Crippen LogP contribution is -2.51. The number of nitrogens with one attached hydrogen (secondary N) is 1. The predicted octanol–water partition coefficient (Wildman–Crippen LogP) is 3.97. The molecular weight excluding hydrogens is 452 g/mol. The molecule has 8 heteroatoms. The number of carboxylic acids is 1. The number of carbonyl (C=O) groups is 3. The Hall–Kier alpha value is -3.00. The van der Waals surface area contributed by atoms with Gasteiger partial charge in [-0.2, -0.15) is 11.8 Å². The Bertz CT molecular complexity index is 1010. The van der Waals surface area contributed by atoms with Crippen molar-refractivity contribution in [3.63, 3.8) is 0 Å². The first-order valence-corrected chi connectivity index (χ1v) is 12.8. The van der Waals surface area contributed by atoms with Crippen molar-refractivity contribution < 1.29 is 24.2 Å². The van der Waals surface area contributed by atoms with Gasteiger partial charge < -0.3 is 20.1 Å². The number of thioether (sulfide) groups is 1. The molecule has 1 aliphatic carbocycles. The topological polar surface area (TPSA) is 95.9 Å². The number of alkyl carbamates (subject to hydrolysis) is 1. The molecule has 2 aromatic carbocycles. The fourth-order valence-corrected chi connectivity index (χ4v) is 5.75. The van der Waals surface area contributed by atoms with Crippen molar-refractivity contribution >= 4 is 29.7 Å². The first-order chi connectivity index (χ1) is 16.5. The van der Waals surface area contributed by atoms with Gasteiger partial charge in [0.25, 0.3) is 0 Å². The molecule has 2 aliphatic rings. The number of hydrogen-bond donors (Lipinski definition) is 2. The molecule has 2 amide bonds. The summed E-state index contributed by atoms with van der Waals surface area (Å²) in [6.45, 7) is 2.94. The molecule has 7 nitrogen and oxygen atoms in total. The maximum Gasteiger partial charge on any atom is 0.407 e. The summed E-state index contributed by atoms with van der Waals surface area (Å²) in [5.41, 5.74) is 4.65. The zero-order valence-electron chi connectivity index (χ0n) is 19.2. The van der Waals surface area contributed by atoms with E-state index in [2.05, 4.69) is 29.6 Å². The van der Waals surface area contributed by atoms with Crippen LogP contribution in [0.15, 0.2) is 48.5 Å². The van der Waals surface area contributed by atoms with Crippen LogP contribution < -0.4 is 5.32 Å². The van der Waals surface area contributed by atoms with Gasteiger partial charge in [0.15, 0.2) is 0 Å². The van der Waals surface area contributed by atoms with Crippen molar-refractivity contribution in [2.75, 3.05) is 31.2 Å². The van der Waals surface area contributed by atoms with E-state index in [1.807, 2.05) is 31.2 Å². The molecule has 2 unspecified atom stereocenters. The zero-order chi connectivity index (χ0) is 24.1. The van der Waals surface area contributed by atoms with Crippen LogP contribution >= 0.6 is 11.8 Å². The fraction of sp³-hybridized carbons (Fsp3) is 0.423. The van der Waals surface area contributed by atoms with Gasteiger partial charge in [-0.15, -0.1) is 0 Å². The van der Waals surface area contributed by atoms with Gasteiger partial charge in [0.05, 0.1) is 0 Å². The molecule has 1 fully saturated rings. The highest BCUT2D eigenvalue weighted by molar-refractivity contribution is 7.99. The maximum absolute atomic E-state index is 12.8. The third-order valence-electron chi connectivity index (χ3n) is 6.65. The molecule has 4 rings (SSSR count). The van der Waals surface area contributed by atoms with Crippen LogP contribution in [-0.4, -0.2) is 65.2 Å². The number of hydrogen-bond acceptors (Lipinski definition) is 5. The van der Waals surface area contributed by atoms with Crippen LogP contribution in [0.1, 0.15) is 36.8 Å².